The molecule has 2 heterocycles. The molecule has 2 aromatic rings. The fourth-order valence-corrected chi connectivity index (χ4v) is 4.70. The number of nitriles is 1. The van der Waals surface area contributed by atoms with Crippen LogP contribution in [0.5, 0.6) is 0 Å². The Bertz CT molecular complexity index is 825. The van der Waals surface area contributed by atoms with Gasteiger partial charge in [-0.1, -0.05) is 25.3 Å². The summed E-state index contributed by atoms with van der Waals surface area (Å²) < 4.78 is 2.20. The van der Waals surface area contributed by atoms with Crippen molar-refractivity contribution in [2.45, 2.75) is 65.0 Å². The lowest BCUT2D eigenvalue weighted by atomic mass is 9.95. The highest BCUT2D eigenvalue weighted by atomic mass is 32.1. The van der Waals surface area contributed by atoms with Crippen molar-refractivity contribution >= 4 is 23.1 Å². The molecular formula is C21H28N4OS. The first-order valence-corrected chi connectivity index (χ1v) is 10.6. The Morgan fingerprint density at radius 3 is 2.74 bits per heavy atom. The van der Waals surface area contributed by atoms with Crippen LogP contribution < -0.4 is 10.6 Å². The molecule has 0 bridgehead atoms. The third-order valence-electron chi connectivity index (χ3n) is 5.60. The van der Waals surface area contributed by atoms with Gasteiger partial charge in [0.05, 0.1) is 12.1 Å². The van der Waals surface area contributed by atoms with Gasteiger partial charge in [-0.3, -0.25) is 4.79 Å². The van der Waals surface area contributed by atoms with Crippen LogP contribution in [0, 0.1) is 25.2 Å². The number of hydrogen-bond donors (Lipinski definition) is 2. The number of carbonyl (C=O) groups is 1. The van der Waals surface area contributed by atoms with Crippen molar-refractivity contribution in [3.8, 4) is 6.07 Å². The zero-order chi connectivity index (χ0) is 19.4. The first-order valence-electron chi connectivity index (χ1n) is 9.71. The van der Waals surface area contributed by atoms with Gasteiger partial charge in [-0.05, 0) is 50.6 Å². The molecular weight excluding hydrogens is 356 g/mol. The Hall–Kier alpha value is -2.10. The van der Waals surface area contributed by atoms with Crippen molar-refractivity contribution in [2.24, 2.45) is 0 Å². The average molecular weight is 385 g/mol. The van der Waals surface area contributed by atoms with Gasteiger partial charge in [-0.25, -0.2) is 0 Å². The van der Waals surface area contributed by atoms with Crippen LogP contribution in [-0.4, -0.2) is 17.0 Å². The summed E-state index contributed by atoms with van der Waals surface area (Å²) in [6, 6.07) is 6.87. The number of nitrogens with one attached hydrogen (secondary N) is 2. The summed E-state index contributed by atoms with van der Waals surface area (Å²) in [6.45, 7) is 6.30. The van der Waals surface area contributed by atoms with Gasteiger partial charge in [0.25, 0.3) is 0 Å². The maximum Gasteiger partial charge on any atom is 0.239 e. The topological polar surface area (TPSA) is 69.8 Å². The SMILES string of the molecule is Cc1c(C#N)c(NC(=O)CNC(C)c2cccs2)n(C2CCCCC2)c1C. The third-order valence-corrected chi connectivity index (χ3v) is 6.66. The van der Waals surface area contributed by atoms with Crippen LogP contribution in [0.25, 0.3) is 0 Å². The highest BCUT2D eigenvalue weighted by Gasteiger charge is 2.25. The van der Waals surface area contributed by atoms with Gasteiger partial charge in [-0.15, -0.1) is 11.3 Å². The Kier molecular flexibility index (Phi) is 6.35. The quantitative estimate of drug-likeness (QED) is 0.749. The van der Waals surface area contributed by atoms with Crippen LogP contribution >= 0.6 is 11.3 Å². The molecule has 0 aromatic carbocycles. The number of rotatable bonds is 6. The molecule has 1 saturated carbocycles. The van der Waals surface area contributed by atoms with E-state index < -0.39 is 0 Å². The van der Waals surface area contributed by atoms with Gasteiger partial charge >= 0.3 is 0 Å². The minimum absolute atomic E-state index is 0.107. The van der Waals surface area contributed by atoms with Crippen molar-refractivity contribution in [1.82, 2.24) is 9.88 Å². The molecule has 1 aliphatic carbocycles. The normalized spacial score (nSPS) is 16.1. The number of aromatic nitrogens is 1. The van der Waals surface area contributed by atoms with E-state index in [1.165, 1.54) is 24.1 Å². The zero-order valence-electron chi connectivity index (χ0n) is 16.3. The van der Waals surface area contributed by atoms with Crippen LogP contribution in [0.15, 0.2) is 17.5 Å². The van der Waals surface area contributed by atoms with Gasteiger partial charge in [0, 0.05) is 22.7 Å². The first kappa shape index (κ1) is 19.7. The second-order valence-corrected chi connectivity index (χ2v) is 8.35. The molecule has 144 valence electrons. The van der Waals surface area contributed by atoms with E-state index in [1.54, 1.807) is 11.3 Å². The van der Waals surface area contributed by atoms with E-state index in [0.717, 1.165) is 24.1 Å². The summed E-state index contributed by atoms with van der Waals surface area (Å²) >= 11 is 1.68. The van der Waals surface area contributed by atoms with Crippen LogP contribution in [-0.2, 0) is 4.79 Å². The molecule has 5 nitrogen and oxygen atoms in total. The number of nitrogens with zero attached hydrogens (tertiary/aromatic N) is 2. The van der Waals surface area contributed by atoms with Gasteiger partial charge < -0.3 is 15.2 Å². The molecule has 1 unspecified atom stereocenters. The minimum atomic E-state index is -0.107. The summed E-state index contributed by atoms with van der Waals surface area (Å²) in [5, 5.41) is 18.0. The van der Waals surface area contributed by atoms with Crippen molar-refractivity contribution in [3.63, 3.8) is 0 Å². The molecule has 2 N–H and O–H groups in total. The molecule has 1 atom stereocenters. The van der Waals surface area contributed by atoms with Crippen LogP contribution in [0.4, 0.5) is 5.82 Å². The van der Waals surface area contributed by atoms with E-state index in [0.29, 0.717) is 17.4 Å². The fourth-order valence-electron chi connectivity index (χ4n) is 3.94. The first-order chi connectivity index (χ1) is 13.0. The molecule has 1 fully saturated rings. The number of hydrogen-bond acceptors (Lipinski definition) is 4. The monoisotopic (exact) mass is 384 g/mol. The molecule has 0 radical (unpaired) electrons. The van der Waals surface area contributed by atoms with Crippen LogP contribution in [0.2, 0.25) is 0 Å². The predicted octanol–water partition coefficient (Wildman–Crippen LogP) is 4.83. The highest BCUT2D eigenvalue weighted by molar-refractivity contribution is 7.10. The van der Waals surface area contributed by atoms with E-state index in [-0.39, 0.29) is 18.5 Å². The lowest BCUT2D eigenvalue weighted by Crippen LogP contribution is -2.31. The van der Waals surface area contributed by atoms with Crippen molar-refractivity contribution in [3.05, 3.63) is 39.2 Å². The van der Waals surface area contributed by atoms with E-state index >= 15 is 0 Å². The molecule has 0 aliphatic heterocycles. The van der Waals surface area contributed by atoms with E-state index in [1.807, 2.05) is 18.4 Å². The minimum Gasteiger partial charge on any atom is -0.327 e. The van der Waals surface area contributed by atoms with Gasteiger partial charge in [0.2, 0.25) is 5.91 Å². The maximum absolute atomic E-state index is 12.6. The summed E-state index contributed by atoms with van der Waals surface area (Å²) in [7, 11) is 0. The largest absolute Gasteiger partial charge is 0.327 e. The molecule has 3 rings (SSSR count). The molecule has 2 aromatic heterocycles. The molecule has 0 saturated heterocycles. The molecule has 0 spiro atoms. The number of amides is 1. The van der Waals surface area contributed by atoms with Gasteiger partial charge in [0.15, 0.2) is 0 Å². The van der Waals surface area contributed by atoms with E-state index in [4.69, 9.17) is 0 Å². The van der Waals surface area contributed by atoms with Gasteiger partial charge in [0.1, 0.15) is 11.9 Å². The Morgan fingerprint density at radius 2 is 2.11 bits per heavy atom. The lowest BCUT2D eigenvalue weighted by molar-refractivity contribution is -0.115. The summed E-state index contributed by atoms with van der Waals surface area (Å²) in [5.74, 6) is 0.569. The van der Waals surface area contributed by atoms with Crippen molar-refractivity contribution in [2.75, 3.05) is 11.9 Å². The molecule has 27 heavy (non-hydrogen) atoms. The van der Waals surface area contributed by atoms with Crippen molar-refractivity contribution in [1.29, 1.82) is 5.26 Å². The van der Waals surface area contributed by atoms with E-state index in [9.17, 15) is 10.1 Å². The lowest BCUT2D eigenvalue weighted by Gasteiger charge is -2.27. The third kappa shape index (κ3) is 4.26. The highest BCUT2D eigenvalue weighted by Crippen LogP contribution is 2.36. The summed E-state index contributed by atoms with van der Waals surface area (Å²) in [5.41, 5.74) is 2.66. The fraction of sp³-hybridized carbons (Fsp3) is 0.524. The summed E-state index contributed by atoms with van der Waals surface area (Å²) in [6.07, 6.45) is 5.90. The summed E-state index contributed by atoms with van der Waals surface area (Å²) in [4.78, 5) is 13.8. The maximum atomic E-state index is 12.6. The predicted molar refractivity (Wildman–Crippen MR) is 110 cm³/mol. The smallest absolute Gasteiger partial charge is 0.239 e. The standard InChI is InChI=1S/C21H28N4OS/c1-14-16(3)25(17-8-5-4-6-9-17)21(18(14)12-22)24-20(26)13-23-15(2)19-10-7-11-27-19/h7,10-11,15,17,23H,4-6,8-9,13H2,1-3H3,(H,24,26). The van der Waals surface area contributed by atoms with E-state index in [2.05, 4.69) is 41.2 Å². The second kappa shape index (κ2) is 8.73. The Labute approximate surface area is 165 Å². The second-order valence-electron chi connectivity index (χ2n) is 7.37. The Morgan fingerprint density at radius 1 is 1.37 bits per heavy atom. The van der Waals surface area contributed by atoms with Crippen LogP contribution in [0.3, 0.4) is 0 Å². The number of thiophene rings is 1. The van der Waals surface area contributed by atoms with Gasteiger partial charge in [-0.2, -0.15) is 5.26 Å². The molecule has 1 aliphatic rings. The van der Waals surface area contributed by atoms with Crippen LogP contribution in [0.1, 0.15) is 72.8 Å². The van der Waals surface area contributed by atoms with Crippen molar-refractivity contribution < 1.29 is 4.79 Å². The molecule has 1 amide bonds. The molecule has 6 heteroatoms. The number of carbonyl (C=O) groups excluding carboxylic acids is 1. The zero-order valence-corrected chi connectivity index (χ0v) is 17.2. The number of anilines is 1. The Balaban J connectivity index is 1.75. The average Bonchev–Trinajstić information content (AvgIpc) is 3.29.